The highest BCUT2D eigenvalue weighted by Crippen LogP contribution is 2.20. The highest BCUT2D eigenvalue weighted by molar-refractivity contribution is 5.73. The highest BCUT2D eigenvalue weighted by atomic mass is 16.1. The molecule has 0 spiro atoms. The fraction of sp³-hybridized carbons (Fsp3) is 0.857. The quantitative estimate of drug-likeness (QED) is 0.716. The first-order valence-electron chi connectivity index (χ1n) is 7.17. The maximum atomic E-state index is 10.9. The number of carbonyl (C=O) groups excluding carboxylic acids is 1. The van der Waals surface area contributed by atoms with E-state index in [0.717, 1.165) is 38.9 Å². The van der Waals surface area contributed by atoms with Crippen molar-refractivity contribution in [3.05, 3.63) is 0 Å². The van der Waals surface area contributed by atoms with Crippen LogP contribution in [-0.4, -0.2) is 42.5 Å². The average molecular weight is 266 g/mol. The topological polar surface area (TPSA) is 82.2 Å². The number of nitrogens with two attached hydrogens (primary N) is 1. The Kier molecular flexibility index (Phi) is 6.82. The van der Waals surface area contributed by atoms with E-state index in [1.807, 2.05) is 0 Å². The van der Waals surface area contributed by atoms with Crippen LogP contribution < -0.4 is 11.1 Å². The molecule has 0 bridgehead atoms. The van der Waals surface area contributed by atoms with Gasteiger partial charge in [0, 0.05) is 19.0 Å². The van der Waals surface area contributed by atoms with Gasteiger partial charge in [-0.3, -0.25) is 10.1 Å². The number of piperidine rings is 1. The predicted molar refractivity (Wildman–Crippen MR) is 75.3 cm³/mol. The highest BCUT2D eigenvalue weighted by Gasteiger charge is 2.21. The molecule has 1 saturated heterocycles. The number of amides is 1. The van der Waals surface area contributed by atoms with Crippen molar-refractivity contribution < 1.29 is 4.79 Å². The summed E-state index contributed by atoms with van der Waals surface area (Å²) in [6, 6.07) is 2.58. The van der Waals surface area contributed by atoms with Crippen molar-refractivity contribution in [2.75, 3.05) is 19.6 Å². The van der Waals surface area contributed by atoms with E-state index < -0.39 is 0 Å². The van der Waals surface area contributed by atoms with E-state index in [1.54, 1.807) is 0 Å². The largest absolute Gasteiger partial charge is 0.370 e. The second-order valence-electron chi connectivity index (χ2n) is 5.75. The summed E-state index contributed by atoms with van der Waals surface area (Å²) in [5.74, 6) is 0.262. The molecule has 0 saturated carbocycles. The Morgan fingerprint density at radius 3 is 2.58 bits per heavy atom. The summed E-state index contributed by atoms with van der Waals surface area (Å²) < 4.78 is 0. The van der Waals surface area contributed by atoms with Gasteiger partial charge < -0.3 is 10.6 Å². The minimum absolute atomic E-state index is 0.0663. The van der Waals surface area contributed by atoms with Crippen LogP contribution in [0.25, 0.3) is 0 Å². The van der Waals surface area contributed by atoms with Crippen LogP contribution in [0.3, 0.4) is 0 Å². The molecule has 0 radical (unpaired) electrons. The van der Waals surface area contributed by atoms with E-state index >= 15 is 0 Å². The maximum Gasteiger partial charge on any atom is 0.217 e. The zero-order chi connectivity index (χ0) is 14.3. The zero-order valence-electron chi connectivity index (χ0n) is 12.1. The van der Waals surface area contributed by atoms with Gasteiger partial charge in [-0.1, -0.05) is 0 Å². The molecule has 1 aliphatic rings. The van der Waals surface area contributed by atoms with Gasteiger partial charge in [-0.05, 0) is 52.1 Å². The minimum atomic E-state index is -0.191. The fourth-order valence-electron chi connectivity index (χ4n) is 2.60. The summed E-state index contributed by atoms with van der Waals surface area (Å²) >= 11 is 0. The Bertz CT molecular complexity index is 316. The molecule has 1 aliphatic heterocycles. The van der Waals surface area contributed by atoms with Crippen LogP contribution >= 0.6 is 0 Å². The van der Waals surface area contributed by atoms with E-state index in [9.17, 15) is 4.79 Å². The van der Waals surface area contributed by atoms with Crippen LogP contribution in [0, 0.1) is 17.2 Å². The fourth-order valence-corrected chi connectivity index (χ4v) is 2.60. The number of carbonyl (C=O) groups is 1. The molecule has 19 heavy (non-hydrogen) atoms. The second kappa shape index (κ2) is 8.13. The van der Waals surface area contributed by atoms with E-state index in [1.165, 1.54) is 0 Å². The van der Waals surface area contributed by atoms with Crippen molar-refractivity contribution in [2.45, 2.75) is 51.6 Å². The number of rotatable bonds is 7. The third kappa shape index (κ3) is 6.55. The molecule has 1 atom stereocenters. The standard InChI is InChI=1S/C14H26N4O/c1-11(2)17-13(10-15)5-8-18-6-3-12(4-7-18)9-14(16)19/h11-13,17H,3-9H2,1-2H3,(H2,16,19). The third-order valence-electron chi connectivity index (χ3n) is 3.62. The van der Waals surface area contributed by atoms with Gasteiger partial charge in [0.05, 0.1) is 12.1 Å². The molecular weight excluding hydrogens is 240 g/mol. The lowest BCUT2D eigenvalue weighted by molar-refractivity contribution is -0.119. The van der Waals surface area contributed by atoms with E-state index in [4.69, 9.17) is 11.0 Å². The summed E-state index contributed by atoms with van der Waals surface area (Å²) in [5.41, 5.74) is 5.22. The summed E-state index contributed by atoms with van der Waals surface area (Å²) in [7, 11) is 0. The third-order valence-corrected chi connectivity index (χ3v) is 3.62. The molecule has 0 aromatic heterocycles. The first kappa shape index (κ1) is 15.9. The summed E-state index contributed by atoms with van der Waals surface area (Å²) in [5, 5.41) is 12.3. The Morgan fingerprint density at radius 1 is 1.47 bits per heavy atom. The van der Waals surface area contributed by atoms with Crippen molar-refractivity contribution in [2.24, 2.45) is 11.7 Å². The van der Waals surface area contributed by atoms with Gasteiger partial charge in [-0.15, -0.1) is 0 Å². The van der Waals surface area contributed by atoms with Crippen LogP contribution in [0.4, 0.5) is 0 Å². The van der Waals surface area contributed by atoms with Crippen LogP contribution in [0.15, 0.2) is 0 Å². The molecule has 5 nitrogen and oxygen atoms in total. The molecule has 0 aliphatic carbocycles. The molecule has 0 aromatic rings. The van der Waals surface area contributed by atoms with Crippen molar-refractivity contribution in [3.8, 4) is 6.07 Å². The summed E-state index contributed by atoms with van der Waals surface area (Å²) in [6.07, 6.45) is 3.45. The van der Waals surface area contributed by atoms with Gasteiger partial charge in [0.1, 0.15) is 0 Å². The molecule has 0 aromatic carbocycles. The molecule has 108 valence electrons. The smallest absolute Gasteiger partial charge is 0.217 e. The second-order valence-corrected chi connectivity index (χ2v) is 5.75. The van der Waals surface area contributed by atoms with Gasteiger partial charge >= 0.3 is 0 Å². The first-order chi connectivity index (χ1) is 9.01. The zero-order valence-corrected chi connectivity index (χ0v) is 12.1. The number of hydrogen-bond acceptors (Lipinski definition) is 4. The molecule has 1 rings (SSSR count). The molecular formula is C14H26N4O. The number of hydrogen-bond donors (Lipinski definition) is 2. The van der Waals surface area contributed by atoms with Crippen LogP contribution in [0.5, 0.6) is 0 Å². The Labute approximate surface area is 116 Å². The molecule has 1 amide bonds. The molecule has 1 fully saturated rings. The van der Waals surface area contributed by atoms with Gasteiger partial charge in [-0.25, -0.2) is 0 Å². The monoisotopic (exact) mass is 266 g/mol. The van der Waals surface area contributed by atoms with E-state index in [0.29, 0.717) is 18.4 Å². The molecule has 5 heteroatoms. The molecule has 1 heterocycles. The number of likely N-dealkylation sites (tertiary alicyclic amines) is 1. The average Bonchev–Trinajstić information content (AvgIpc) is 2.35. The van der Waals surface area contributed by atoms with Gasteiger partial charge in [0.25, 0.3) is 0 Å². The first-order valence-corrected chi connectivity index (χ1v) is 7.17. The number of nitrogens with one attached hydrogen (secondary N) is 1. The summed E-state index contributed by atoms with van der Waals surface area (Å²) in [6.45, 7) is 7.08. The molecule has 1 unspecified atom stereocenters. The lowest BCUT2D eigenvalue weighted by Crippen LogP contribution is -2.40. The van der Waals surface area contributed by atoms with Crippen LogP contribution in [0.1, 0.15) is 39.5 Å². The minimum Gasteiger partial charge on any atom is -0.370 e. The van der Waals surface area contributed by atoms with Crippen molar-refractivity contribution in [3.63, 3.8) is 0 Å². The number of nitrogens with zero attached hydrogens (tertiary/aromatic N) is 2. The maximum absolute atomic E-state index is 10.9. The van der Waals surface area contributed by atoms with Crippen molar-refractivity contribution in [1.29, 1.82) is 5.26 Å². The lowest BCUT2D eigenvalue weighted by Gasteiger charge is -2.32. The van der Waals surface area contributed by atoms with E-state index in [-0.39, 0.29) is 11.9 Å². The number of nitriles is 1. The number of primary amides is 1. The van der Waals surface area contributed by atoms with E-state index in [2.05, 4.69) is 30.1 Å². The molecule has 3 N–H and O–H groups in total. The van der Waals surface area contributed by atoms with Gasteiger partial charge in [-0.2, -0.15) is 5.26 Å². The summed E-state index contributed by atoms with van der Waals surface area (Å²) in [4.78, 5) is 13.2. The Hall–Kier alpha value is -1.12. The SMILES string of the molecule is CC(C)NC(C#N)CCN1CCC(CC(N)=O)CC1. The van der Waals surface area contributed by atoms with Crippen molar-refractivity contribution in [1.82, 2.24) is 10.2 Å². The van der Waals surface area contributed by atoms with Crippen LogP contribution in [-0.2, 0) is 4.79 Å². The Balaban J connectivity index is 2.22. The normalized spacial score (nSPS) is 19.3. The Morgan fingerprint density at radius 2 is 2.11 bits per heavy atom. The predicted octanol–water partition coefficient (Wildman–Crippen LogP) is 0.854. The van der Waals surface area contributed by atoms with Crippen molar-refractivity contribution >= 4 is 5.91 Å². The van der Waals surface area contributed by atoms with Crippen LogP contribution in [0.2, 0.25) is 0 Å². The lowest BCUT2D eigenvalue weighted by atomic mass is 9.93. The van der Waals surface area contributed by atoms with Gasteiger partial charge in [0.2, 0.25) is 5.91 Å². The van der Waals surface area contributed by atoms with Gasteiger partial charge in [0.15, 0.2) is 0 Å².